The van der Waals surface area contributed by atoms with Gasteiger partial charge in [-0.1, -0.05) is 91.0 Å². The summed E-state index contributed by atoms with van der Waals surface area (Å²) in [6, 6.07) is 38.5. The van der Waals surface area contributed by atoms with Gasteiger partial charge in [-0.05, 0) is 43.4 Å². The van der Waals surface area contributed by atoms with E-state index < -0.39 is 7.32 Å². The van der Waals surface area contributed by atoms with Crippen molar-refractivity contribution in [3.8, 4) is 0 Å². The van der Waals surface area contributed by atoms with Crippen LogP contribution in [0.3, 0.4) is 0 Å². The molecule has 0 aliphatic carbocycles. The maximum Gasteiger partial charge on any atom is 0.223 e. The lowest BCUT2D eigenvalue weighted by Crippen LogP contribution is -2.48. The van der Waals surface area contributed by atoms with Crippen LogP contribution < -0.4 is 29.2 Å². The van der Waals surface area contributed by atoms with Crippen LogP contribution in [0.15, 0.2) is 150 Å². The highest BCUT2D eigenvalue weighted by Crippen LogP contribution is 2.42. The minimum absolute atomic E-state index is 0.159. The van der Waals surface area contributed by atoms with Gasteiger partial charge >= 0.3 is 0 Å². The third-order valence-corrected chi connectivity index (χ3v) is 7.47. The van der Waals surface area contributed by atoms with Crippen LogP contribution in [0, 0.1) is 0 Å². The normalized spacial score (nSPS) is 10.5. The highest BCUT2D eigenvalue weighted by atomic mass is 32.1. The zero-order chi connectivity index (χ0) is 33.0. The van der Waals surface area contributed by atoms with Gasteiger partial charge in [0.25, 0.3) is 0 Å². The van der Waals surface area contributed by atoms with E-state index in [0.717, 1.165) is 16.2 Å². The Morgan fingerprint density at radius 3 is 1.24 bits per heavy atom. The SMILES string of the molecule is CCO[n+]1ccc(S)cc1.CCO[n+]1ccc(S)cc1.[O-]B([O-])OCCCC(c1ccccc1)(c1ccccc1)c1ccccc1. The van der Waals surface area contributed by atoms with E-state index in [9.17, 15) is 10.0 Å². The molecule has 0 amide bonds. The second-order valence-corrected chi connectivity index (χ2v) is 11.0. The Balaban J connectivity index is 0.000000235. The zero-order valence-electron chi connectivity index (χ0n) is 26.2. The Hall–Kier alpha value is -3.80. The third kappa shape index (κ3) is 11.9. The third-order valence-electron chi connectivity index (χ3n) is 6.88. The van der Waals surface area contributed by atoms with E-state index >= 15 is 0 Å². The average molecular weight is 657 g/mol. The first-order chi connectivity index (χ1) is 22.4. The van der Waals surface area contributed by atoms with Gasteiger partial charge in [0.1, 0.15) is 0 Å². The fraction of sp³-hybridized carbons (Fsp3) is 0.222. The molecule has 7 nitrogen and oxygen atoms in total. The van der Waals surface area contributed by atoms with Crippen molar-refractivity contribution in [3.05, 3.63) is 157 Å². The van der Waals surface area contributed by atoms with Crippen LogP contribution in [0.2, 0.25) is 0 Å². The van der Waals surface area contributed by atoms with Gasteiger partial charge in [0.15, 0.2) is 13.2 Å². The number of nitrogens with zero attached hydrogens (tertiary/aromatic N) is 2. The quantitative estimate of drug-likeness (QED) is 0.0700. The van der Waals surface area contributed by atoms with Crippen molar-refractivity contribution in [3.63, 3.8) is 0 Å². The second-order valence-electron chi connectivity index (χ2n) is 9.93. The molecule has 10 heteroatoms. The van der Waals surface area contributed by atoms with Crippen molar-refractivity contribution in [2.75, 3.05) is 19.8 Å². The minimum Gasteiger partial charge on any atom is -0.871 e. The van der Waals surface area contributed by atoms with Crippen molar-refractivity contribution in [2.45, 2.75) is 41.9 Å². The number of rotatable bonds is 12. The lowest BCUT2D eigenvalue weighted by atomic mass is 9.67. The van der Waals surface area contributed by atoms with Crippen LogP contribution in [-0.4, -0.2) is 27.1 Å². The first-order valence-corrected chi connectivity index (χ1v) is 16.1. The molecule has 0 radical (unpaired) electrons. The molecule has 2 heterocycles. The number of hydrogen-bond donors (Lipinski definition) is 2. The summed E-state index contributed by atoms with van der Waals surface area (Å²) in [5.74, 6) is 0. The Morgan fingerprint density at radius 1 is 0.587 bits per heavy atom. The summed E-state index contributed by atoms with van der Waals surface area (Å²) in [6.07, 6.45) is 8.65. The molecule has 0 aliphatic heterocycles. The molecule has 0 bridgehead atoms. The maximum atomic E-state index is 10.7. The van der Waals surface area contributed by atoms with Gasteiger partial charge in [-0.3, -0.25) is 9.68 Å². The lowest BCUT2D eigenvalue weighted by Gasteiger charge is -2.37. The highest BCUT2D eigenvalue weighted by molar-refractivity contribution is 7.80. The first kappa shape index (κ1) is 36.7. The van der Waals surface area contributed by atoms with Gasteiger partial charge in [-0.2, -0.15) is 0 Å². The summed E-state index contributed by atoms with van der Waals surface area (Å²) in [7, 11) is -2.23. The van der Waals surface area contributed by atoms with Gasteiger partial charge < -0.3 is 14.7 Å². The fourth-order valence-corrected chi connectivity index (χ4v) is 5.16. The van der Waals surface area contributed by atoms with Gasteiger partial charge in [0.2, 0.25) is 24.8 Å². The molecule has 46 heavy (non-hydrogen) atoms. The molecule has 0 fully saturated rings. The topological polar surface area (TPSA) is 81.6 Å². The van der Waals surface area contributed by atoms with Crippen LogP contribution in [0.25, 0.3) is 0 Å². The Labute approximate surface area is 284 Å². The lowest BCUT2D eigenvalue weighted by molar-refractivity contribution is -0.891. The van der Waals surface area contributed by atoms with Crippen molar-refractivity contribution < 1.29 is 33.8 Å². The summed E-state index contributed by atoms with van der Waals surface area (Å²) in [6.45, 7) is 5.41. The summed E-state index contributed by atoms with van der Waals surface area (Å²) < 4.78 is 8.04. The molecule has 0 spiro atoms. The van der Waals surface area contributed by atoms with Gasteiger partial charge in [0.05, 0.1) is 7.32 Å². The molecule has 0 saturated heterocycles. The molecular weight excluding hydrogens is 615 g/mol. The maximum absolute atomic E-state index is 10.7. The molecule has 0 aliphatic rings. The predicted octanol–water partition coefficient (Wildman–Crippen LogP) is 3.95. The van der Waals surface area contributed by atoms with Gasteiger partial charge in [-0.15, -0.1) is 25.3 Å². The highest BCUT2D eigenvalue weighted by Gasteiger charge is 2.35. The van der Waals surface area contributed by atoms with Crippen molar-refractivity contribution in [1.29, 1.82) is 0 Å². The number of aromatic nitrogens is 2. The number of hydrogen-bond acceptors (Lipinski definition) is 7. The predicted molar refractivity (Wildman–Crippen MR) is 182 cm³/mol. The summed E-state index contributed by atoms with van der Waals surface area (Å²) in [4.78, 5) is 12.2. The number of pyridine rings is 2. The van der Waals surface area contributed by atoms with Gasteiger partial charge in [-0.25, -0.2) is 0 Å². The molecule has 5 rings (SSSR count). The van der Waals surface area contributed by atoms with Crippen LogP contribution in [0.4, 0.5) is 0 Å². The van der Waals surface area contributed by atoms with Crippen LogP contribution >= 0.6 is 25.3 Å². The van der Waals surface area contributed by atoms with E-state index in [-0.39, 0.29) is 12.0 Å². The zero-order valence-corrected chi connectivity index (χ0v) is 28.0. The molecule has 3 aromatic carbocycles. The average Bonchev–Trinajstić information content (AvgIpc) is 3.09. The van der Waals surface area contributed by atoms with E-state index in [4.69, 9.17) is 14.3 Å². The smallest absolute Gasteiger partial charge is 0.223 e. The molecule has 0 unspecified atom stereocenters. The van der Waals surface area contributed by atoms with E-state index in [1.807, 2.05) is 117 Å². The monoisotopic (exact) mass is 656 g/mol. The van der Waals surface area contributed by atoms with E-state index in [1.54, 1.807) is 9.46 Å². The largest absolute Gasteiger partial charge is 0.871 e. The molecule has 240 valence electrons. The number of thiol groups is 2. The summed E-state index contributed by atoms with van der Waals surface area (Å²) in [5.41, 5.74) is 3.17. The Morgan fingerprint density at radius 2 is 0.935 bits per heavy atom. The standard InChI is InChI=1S/C22H21BO3.2C7H9NOS/c24-23(25)26-18-10-17-22(19-11-4-1-5-12-19,20-13-6-2-7-14-20)21-15-8-3-9-16-21;2*1-2-9-8-5-3-7(10)4-6-8/h1-9,11-16H,10,17-18H2;2*3-6H,2H2,1H3/q-2;;/p+2. The molecule has 0 N–H and O–H groups in total. The van der Waals surface area contributed by atoms with Crippen LogP contribution in [0.1, 0.15) is 43.4 Å². The second kappa shape index (κ2) is 20.4. The van der Waals surface area contributed by atoms with Gasteiger partial charge in [0, 0.05) is 55.5 Å². The van der Waals surface area contributed by atoms with E-state index in [0.29, 0.717) is 19.6 Å². The van der Waals surface area contributed by atoms with Crippen LogP contribution in [0.5, 0.6) is 0 Å². The summed E-state index contributed by atoms with van der Waals surface area (Å²) >= 11 is 8.26. The molecule has 2 aromatic heterocycles. The van der Waals surface area contributed by atoms with E-state index in [1.165, 1.54) is 16.7 Å². The Kier molecular flexibility index (Phi) is 16.2. The van der Waals surface area contributed by atoms with Crippen molar-refractivity contribution >= 4 is 32.6 Å². The van der Waals surface area contributed by atoms with E-state index in [2.05, 4.69) is 61.7 Å². The molecular formula is C36H41BN2O5S2. The number of benzene rings is 3. The Bertz CT molecular complexity index is 1360. The van der Waals surface area contributed by atoms with Crippen LogP contribution in [-0.2, 0) is 10.1 Å². The molecule has 0 atom stereocenters. The minimum atomic E-state index is -2.23. The fourth-order valence-electron chi connectivity index (χ4n) is 4.90. The van der Waals surface area contributed by atoms with Crippen molar-refractivity contribution in [1.82, 2.24) is 0 Å². The molecule has 0 saturated carbocycles. The molecule has 5 aromatic rings. The summed E-state index contributed by atoms with van der Waals surface area (Å²) in [5, 5.41) is 21.4. The first-order valence-electron chi connectivity index (χ1n) is 15.2. The van der Waals surface area contributed by atoms with Crippen molar-refractivity contribution in [2.24, 2.45) is 0 Å².